The molecule has 7 heteroatoms. The number of nitrogens with one attached hydrogen (secondary N) is 2. The summed E-state index contributed by atoms with van der Waals surface area (Å²) in [6.07, 6.45) is 3.70. The minimum absolute atomic E-state index is 0.111. The summed E-state index contributed by atoms with van der Waals surface area (Å²) in [4.78, 5) is 29.5. The van der Waals surface area contributed by atoms with Crippen molar-refractivity contribution in [2.75, 3.05) is 0 Å². The Morgan fingerprint density at radius 3 is 2.45 bits per heavy atom. The molecule has 31 heavy (non-hydrogen) atoms. The number of hydrogen-bond donors (Lipinski definition) is 2. The van der Waals surface area contributed by atoms with Gasteiger partial charge in [-0.1, -0.05) is 38.1 Å². The van der Waals surface area contributed by atoms with Gasteiger partial charge in [-0.25, -0.2) is 9.37 Å². The molecule has 0 aliphatic rings. The molecule has 0 fully saturated rings. The fourth-order valence-electron chi connectivity index (χ4n) is 3.27. The molecule has 2 N–H and O–H groups in total. The van der Waals surface area contributed by atoms with Crippen molar-refractivity contribution >= 4 is 11.8 Å². The van der Waals surface area contributed by atoms with E-state index in [-0.39, 0.29) is 11.8 Å². The molecule has 3 rings (SSSR count). The topological polar surface area (TPSA) is 76.0 Å². The predicted molar refractivity (Wildman–Crippen MR) is 117 cm³/mol. The van der Waals surface area contributed by atoms with Crippen LogP contribution in [0.2, 0.25) is 0 Å². The number of hydrogen-bond acceptors (Lipinski definition) is 3. The molecule has 2 aromatic carbocycles. The lowest BCUT2D eigenvalue weighted by molar-refractivity contribution is -0.124. The molecular formula is C24H27FN4O2. The Bertz CT molecular complexity index is 1040. The third-order valence-corrected chi connectivity index (χ3v) is 5.08. The van der Waals surface area contributed by atoms with Gasteiger partial charge in [-0.2, -0.15) is 0 Å². The molecule has 0 saturated heterocycles. The Balaban J connectivity index is 1.61. The number of benzene rings is 2. The Kier molecular flexibility index (Phi) is 7.18. The van der Waals surface area contributed by atoms with Crippen LogP contribution in [0.5, 0.6) is 0 Å². The maximum atomic E-state index is 13.1. The maximum Gasteiger partial charge on any atom is 0.251 e. The highest BCUT2D eigenvalue weighted by atomic mass is 19.1. The first-order valence-corrected chi connectivity index (χ1v) is 10.2. The van der Waals surface area contributed by atoms with Crippen LogP contribution in [0.3, 0.4) is 0 Å². The summed E-state index contributed by atoms with van der Waals surface area (Å²) < 4.78 is 15.1. The molecule has 0 spiro atoms. The molecule has 2 amide bonds. The van der Waals surface area contributed by atoms with Gasteiger partial charge >= 0.3 is 0 Å². The summed E-state index contributed by atoms with van der Waals surface area (Å²) in [6, 6.07) is 12.5. The third-order valence-electron chi connectivity index (χ3n) is 5.08. The number of carbonyl (C=O) groups is 2. The van der Waals surface area contributed by atoms with E-state index in [9.17, 15) is 14.0 Å². The highest BCUT2D eigenvalue weighted by Crippen LogP contribution is 2.10. The molecule has 0 radical (unpaired) electrons. The van der Waals surface area contributed by atoms with Crippen LogP contribution < -0.4 is 10.6 Å². The van der Waals surface area contributed by atoms with Crippen LogP contribution in [0.15, 0.2) is 60.9 Å². The van der Waals surface area contributed by atoms with Crippen LogP contribution >= 0.6 is 0 Å². The third kappa shape index (κ3) is 6.01. The Morgan fingerprint density at radius 2 is 1.81 bits per heavy atom. The van der Waals surface area contributed by atoms with Gasteiger partial charge < -0.3 is 15.2 Å². The van der Waals surface area contributed by atoms with Gasteiger partial charge in [0, 0.05) is 31.0 Å². The summed E-state index contributed by atoms with van der Waals surface area (Å²) in [6.45, 7) is 6.74. The van der Waals surface area contributed by atoms with Gasteiger partial charge in [-0.15, -0.1) is 0 Å². The molecular weight excluding hydrogens is 395 g/mol. The van der Waals surface area contributed by atoms with Gasteiger partial charge in [0.2, 0.25) is 5.91 Å². The zero-order valence-corrected chi connectivity index (χ0v) is 17.9. The second-order valence-electron chi connectivity index (χ2n) is 7.84. The van der Waals surface area contributed by atoms with Crippen molar-refractivity contribution in [1.82, 2.24) is 20.2 Å². The van der Waals surface area contributed by atoms with Crippen molar-refractivity contribution in [3.05, 3.63) is 89.3 Å². The van der Waals surface area contributed by atoms with E-state index in [4.69, 9.17) is 0 Å². The Hall–Kier alpha value is -3.48. The minimum atomic E-state index is -0.700. The molecule has 0 aliphatic heterocycles. The largest absolute Gasteiger partial charge is 0.350 e. The van der Waals surface area contributed by atoms with E-state index >= 15 is 0 Å². The second-order valence-corrected chi connectivity index (χ2v) is 7.84. The zero-order valence-electron chi connectivity index (χ0n) is 17.9. The average molecular weight is 423 g/mol. The molecule has 162 valence electrons. The number of imidazole rings is 1. The lowest BCUT2D eigenvalue weighted by Crippen LogP contribution is -2.49. The van der Waals surface area contributed by atoms with Gasteiger partial charge in [0.25, 0.3) is 5.91 Å². The maximum absolute atomic E-state index is 13.1. The van der Waals surface area contributed by atoms with Crippen LogP contribution in [0.1, 0.15) is 41.2 Å². The van der Waals surface area contributed by atoms with Crippen molar-refractivity contribution in [3.63, 3.8) is 0 Å². The first-order valence-electron chi connectivity index (χ1n) is 10.2. The van der Waals surface area contributed by atoms with Crippen LogP contribution in [0, 0.1) is 18.7 Å². The van der Waals surface area contributed by atoms with E-state index in [1.807, 2.05) is 51.2 Å². The van der Waals surface area contributed by atoms with Crippen molar-refractivity contribution in [2.24, 2.45) is 5.92 Å². The quantitative estimate of drug-likeness (QED) is 0.584. The molecule has 0 aliphatic carbocycles. The fourth-order valence-corrected chi connectivity index (χ4v) is 3.27. The number of aryl methyl sites for hydroxylation is 1. The highest BCUT2D eigenvalue weighted by Gasteiger charge is 2.24. The lowest BCUT2D eigenvalue weighted by Gasteiger charge is -2.22. The predicted octanol–water partition coefficient (Wildman–Crippen LogP) is 3.45. The second kappa shape index (κ2) is 10.0. The first-order chi connectivity index (χ1) is 14.8. The first kappa shape index (κ1) is 22.2. The summed E-state index contributed by atoms with van der Waals surface area (Å²) in [7, 11) is 0. The number of aromatic nitrogens is 2. The van der Waals surface area contributed by atoms with Crippen LogP contribution in [-0.4, -0.2) is 27.4 Å². The number of halogens is 1. The van der Waals surface area contributed by atoms with Gasteiger partial charge in [0.05, 0.1) is 0 Å². The van der Waals surface area contributed by atoms with E-state index in [0.29, 0.717) is 18.7 Å². The highest BCUT2D eigenvalue weighted by molar-refractivity contribution is 5.97. The molecule has 6 nitrogen and oxygen atoms in total. The molecule has 0 bridgehead atoms. The monoisotopic (exact) mass is 422 g/mol. The van der Waals surface area contributed by atoms with Gasteiger partial charge in [0.1, 0.15) is 17.7 Å². The molecule has 1 aromatic heterocycles. The Morgan fingerprint density at radius 1 is 1.10 bits per heavy atom. The average Bonchev–Trinajstić information content (AvgIpc) is 3.15. The molecule has 0 saturated carbocycles. The number of carbonyl (C=O) groups excluding carboxylic acids is 2. The van der Waals surface area contributed by atoms with Gasteiger partial charge in [-0.05, 0) is 48.2 Å². The van der Waals surface area contributed by atoms with Crippen molar-refractivity contribution in [2.45, 2.75) is 39.9 Å². The Labute approximate surface area is 181 Å². The zero-order chi connectivity index (χ0) is 22.4. The van der Waals surface area contributed by atoms with Crippen LogP contribution in [0.25, 0.3) is 0 Å². The molecule has 3 aromatic rings. The van der Waals surface area contributed by atoms with E-state index < -0.39 is 17.8 Å². The van der Waals surface area contributed by atoms with Crippen LogP contribution in [-0.2, 0) is 17.9 Å². The SMILES string of the molecule is Cc1nccn1Cc1cccc(CNC(=O)C(NC(=O)c2ccc(F)cc2)C(C)C)c1. The lowest BCUT2D eigenvalue weighted by atomic mass is 10.0. The summed E-state index contributed by atoms with van der Waals surface area (Å²) in [5.74, 6) is -0.261. The van der Waals surface area contributed by atoms with Gasteiger partial charge in [-0.3, -0.25) is 9.59 Å². The normalized spacial score (nSPS) is 11.9. The molecule has 1 heterocycles. The van der Waals surface area contributed by atoms with E-state index in [0.717, 1.165) is 17.0 Å². The number of amides is 2. The van der Waals surface area contributed by atoms with Crippen molar-refractivity contribution < 1.29 is 14.0 Å². The fraction of sp³-hybridized carbons (Fsp3) is 0.292. The van der Waals surface area contributed by atoms with Gasteiger partial charge in [0.15, 0.2) is 0 Å². The van der Waals surface area contributed by atoms with E-state index in [2.05, 4.69) is 20.2 Å². The minimum Gasteiger partial charge on any atom is -0.350 e. The summed E-state index contributed by atoms with van der Waals surface area (Å²) in [5, 5.41) is 5.66. The standard InChI is InChI=1S/C24H27FN4O2/c1-16(2)22(28-23(30)20-7-9-21(25)10-8-20)24(31)27-14-18-5-4-6-19(13-18)15-29-12-11-26-17(29)3/h4-13,16,22H,14-15H2,1-3H3,(H,27,31)(H,28,30). The molecule has 1 unspecified atom stereocenters. The summed E-state index contributed by atoms with van der Waals surface area (Å²) in [5.41, 5.74) is 2.39. The van der Waals surface area contributed by atoms with Crippen molar-refractivity contribution in [3.8, 4) is 0 Å². The smallest absolute Gasteiger partial charge is 0.251 e. The number of nitrogens with zero attached hydrogens (tertiary/aromatic N) is 2. The van der Waals surface area contributed by atoms with E-state index in [1.54, 1.807) is 6.20 Å². The van der Waals surface area contributed by atoms with E-state index in [1.165, 1.54) is 24.3 Å². The van der Waals surface area contributed by atoms with Crippen LogP contribution in [0.4, 0.5) is 4.39 Å². The summed E-state index contributed by atoms with van der Waals surface area (Å²) >= 11 is 0. The number of rotatable bonds is 8. The van der Waals surface area contributed by atoms with Crippen molar-refractivity contribution in [1.29, 1.82) is 0 Å². The molecule has 1 atom stereocenters.